The molecule has 1 aromatic carbocycles. The number of ether oxygens (including phenoxy) is 1. The van der Waals surface area contributed by atoms with Crippen LogP contribution < -0.4 is 4.74 Å². The van der Waals surface area contributed by atoms with E-state index in [0.717, 1.165) is 10.8 Å². The number of rotatable bonds is 5. The number of hydrogen-bond acceptors (Lipinski definition) is 1. The highest BCUT2D eigenvalue weighted by Crippen LogP contribution is 2.27. The van der Waals surface area contributed by atoms with Gasteiger partial charge in [0.25, 0.3) is 6.08 Å². The number of allylic oxidation sites excluding steroid dienone is 1. The van der Waals surface area contributed by atoms with Gasteiger partial charge in [0.05, 0.1) is 7.11 Å². The van der Waals surface area contributed by atoms with Crippen LogP contribution in [0.25, 0.3) is 5.57 Å². The van der Waals surface area contributed by atoms with Gasteiger partial charge >= 0.3 is 0 Å². The summed E-state index contributed by atoms with van der Waals surface area (Å²) in [5.41, 5.74) is 0.713. The molecule has 16 heavy (non-hydrogen) atoms. The summed E-state index contributed by atoms with van der Waals surface area (Å²) < 4.78 is 31.3. The van der Waals surface area contributed by atoms with E-state index in [1.807, 2.05) is 0 Å². The van der Waals surface area contributed by atoms with Crippen LogP contribution in [0.5, 0.6) is 5.75 Å². The standard InChI is InChI=1S/C12H13F2IO/c1-16-10-6-4-9(5-7-10)11(12(13)14)3-2-8-15/h4-7H,2-3,8H2,1H3. The molecular formula is C12H13F2IO. The molecule has 0 amide bonds. The largest absolute Gasteiger partial charge is 0.497 e. The molecular weight excluding hydrogens is 325 g/mol. The van der Waals surface area contributed by atoms with Crippen LogP contribution in [0.4, 0.5) is 8.78 Å². The Morgan fingerprint density at radius 1 is 1.25 bits per heavy atom. The second-order valence-corrected chi connectivity index (χ2v) is 4.34. The van der Waals surface area contributed by atoms with E-state index < -0.39 is 6.08 Å². The van der Waals surface area contributed by atoms with Gasteiger partial charge in [-0.1, -0.05) is 34.7 Å². The molecule has 0 N–H and O–H groups in total. The third kappa shape index (κ3) is 3.73. The van der Waals surface area contributed by atoms with Crippen LogP contribution in [0.15, 0.2) is 30.3 Å². The molecule has 0 atom stereocenters. The van der Waals surface area contributed by atoms with Crippen molar-refractivity contribution >= 4 is 28.2 Å². The fraction of sp³-hybridized carbons (Fsp3) is 0.333. The topological polar surface area (TPSA) is 9.23 Å². The molecule has 0 aliphatic carbocycles. The van der Waals surface area contributed by atoms with Crippen molar-refractivity contribution in [2.45, 2.75) is 12.8 Å². The van der Waals surface area contributed by atoms with E-state index in [0.29, 0.717) is 17.7 Å². The lowest BCUT2D eigenvalue weighted by molar-refractivity contribution is 0.414. The lowest BCUT2D eigenvalue weighted by Gasteiger charge is -2.06. The molecule has 0 aliphatic rings. The molecule has 1 rings (SSSR count). The Kier molecular flexibility index (Phi) is 5.73. The number of methoxy groups -OCH3 is 1. The molecule has 4 heteroatoms. The SMILES string of the molecule is COc1ccc(C(CCCI)=C(F)F)cc1. The van der Waals surface area contributed by atoms with Crippen LogP contribution in [-0.4, -0.2) is 11.5 Å². The zero-order valence-corrected chi connectivity index (χ0v) is 11.1. The molecule has 88 valence electrons. The Morgan fingerprint density at radius 2 is 1.88 bits per heavy atom. The minimum absolute atomic E-state index is 0.138. The highest BCUT2D eigenvalue weighted by molar-refractivity contribution is 14.1. The fourth-order valence-corrected chi connectivity index (χ4v) is 1.77. The van der Waals surface area contributed by atoms with Crippen LogP contribution >= 0.6 is 22.6 Å². The van der Waals surface area contributed by atoms with E-state index in [1.54, 1.807) is 31.4 Å². The second-order valence-electron chi connectivity index (χ2n) is 3.26. The van der Waals surface area contributed by atoms with E-state index in [9.17, 15) is 8.78 Å². The number of alkyl halides is 1. The van der Waals surface area contributed by atoms with Gasteiger partial charge in [-0.05, 0) is 35.0 Å². The highest BCUT2D eigenvalue weighted by Gasteiger charge is 2.08. The Balaban J connectivity index is 2.90. The van der Waals surface area contributed by atoms with Gasteiger partial charge in [-0.3, -0.25) is 0 Å². The van der Waals surface area contributed by atoms with Crippen molar-refractivity contribution in [1.29, 1.82) is 0 Å². The number of halogens is 3. The van der Waals surface area contributed by atoms with E-state index in [4.69, 9.17) is 4.74 Å². The van der Waals surface area contributed by atoms with Gasteiger partial charge in [-0.15, -0.1) is 0 Å². The Labute approximate surface area is 108 Å². The molecule has 0 heterocycles. The third-order valence-corrected chi connectivity index (χ3v) is 2.99. The third-order valence-electron chi connectivity index (χ3n) is 2.23. The smallest absolute Gasteiger partial charge is 0.274 e. The maximum absolute atomic E-state index is 12.7. The van der Waals surface area contributed by atoms with Crippen molar-refractivity contribution in [1.82, 2.24) is 0 Å². The Bertz CT molecular complexity index is 356. The van der Waals surface area contributed by atoms with E-state index >= 15 is 0 Å². The van der Waals surface area contributed by atoms with Crippen LogP contribution in [0.3, 0.4) is 0 Å². The fourth-order valence-electron chi connectivity index (χ4n) is 1.38. The molecule has 0 saturated heterocycles. The first kappa shape index (κ1) is 13.4. The normalized spacial score (nSPS) is 10.0. The predicted molar refractivity (Wildman–Crippen MR) is 70.3 cm³/mol. The molecule has 1 nitrogen and oxygen atoms in total. The van der Waals surface area contributed by atoms with Gasteiger partial charge in [0.2, 0.25) is 0 Å². The first-order chi connectivity index (χ1) is 7.69. The summed E-state index contributed by atoms with van der Waals surface area (Å²) in [4.78, 5) is 0. The zero-order chi connectivity index (χ0) is 12.0. The van der Waals surface area contributed by atoms with Crippen LogP contribution in [0.1, 0.15) is 18.4 Å². The molecule has 0 bridgehead atoms. The quantitative estimate of drug-likeness (QED) is 0.567. The summed E-state index contributed by atoms with van der Waals surface area (Å²) in [7, 11) is 1.55. The van der Waals surface area contributed by atoms with Gasteiger partial charge in [-0.25, -0.2) is 0 Å². The minimum atomic E-state index is -1.59. The lowest BCUT2D eigenvalue weighted by atomic mass is 10.0. The maximum Gasteiger partial charge on any atom is 0.274 e. The van der Waals surface area contributed by atoms with Crippen LogP contribution in [0, 0.1) is 0 Å². The van der Waals surface area contributed by atoms with Crippen molar-refractivity contribution in [2.75, 3.05) is 11.5 Å². The second kappa shape index (κ2) is 6.83. The lowest BCUT2D eigenvalue weighted by Crippen LogP contribution is -1.89. The van der Waals surface area contributed by atoms with Crippen molar-refractivity contribution in [3.63, 3.8) is 0 Å². The van der Waals surface area contributed by atoms with E-state index in [2.05, 4.69) is 22.6 Å². The van der Waals surface area contributed by atoms with Gasteiger partial charge < -0.3 is 4.74 Å². The van der Waals surface area contributed by atoms with Crippen LogP contribution in [0.2, 0.25) is 0 Å². The van der Waals surface area contributed by atoms with E-state index in [-0.39, 0.29) is 5.57 Å². The highest BCUT2D eigenvalue weighted by atomic mass is 127. The van der Waals surface area contributed by atoms with Gasteiger partial charge in [0, 0.05) is 5.57 Å². The summed E-state index contributed by atoms with van der Waals surface area (Å²) in [6.45, 7) is 0. The molecule has 0 aliphatic heterocycles. The minimum Gasteiger partial charge on any atom is -0.497 e. The molecule has 1 aromatic rings. The summed E-state index contributed by atoms with van der Waals surface area (Å²) in [5, 5.41) is 0. The van der Waals surface area contributed by atoms with Gasteiger partial charge in [0.1, 0.15) is 5.75 Å². The molecule has 0 aromatic heterocycles. The summed E-state index contributed by atoms with van der Waals surface area (Å²) in [5.74, 6) is 0.677. The number of benzene rings is 1. The van der Waals surface area contributed by atoms with Crippen LogP contribution in [-0.2, 0) is 0 Å². The molecule has 0 spiro atoms. The van der Waals surface area contributed by atoms with Crippen molar-refractivity contribution in [3.8, 4) is 5.75 Å². The average molecular weight is 338 g/mol. The number of hydrogen-bond donors (Lipinski definition) is 0. The first-order valence-electron chi connectivity index (χ1n) is 4.93. The van der Waals surface area contributed by atoms with Crippen molar-refractivity contribution < 1.29 is 13.5 Å². The van der Waals surface area contributed by atoms with Crippen molar-refractivity contribution in [2.24, 2.45) is 0 Å². The van der Waals surface area contributed by atoms with Gasteiger partial charge in [0.15, 0.2) is 0 Å². The Hall–Kier alpha value is -0.650. The summed E-state index contributed by atoms with van der Waals surface area (Å²) >= 11 is 2.19. The maximum atomic E-state index is 12.7. The predicted octanol–water partition coefficient (Wildman–Crippen LogP) is 4.52. The molecule has 0 fully saturated rings. The molecule has 0 radical (unpaired) electrons. The average Bonchev–Trinajstić information content (AvgIpc) is 2.30. The first-order valence-corrected chi connectivity index (χ1v) is 6.46. The van der Waals surface area contributed by atoms with E-state index in [1.165, 1.54) is 0 Å². The Morgan fingerprint density at radius 3 is 2.31 bits per heavy atom. The summed E-state index contributed by atoms with van der Waals surface area (Å²) in [6, 6.07) is 6.73. The van der Waals surface area contributed by atoms with Crippen molar-refractivity contribution in [3.05, 3.63) is 35.9 Å². The van der Waals surface area contributed by atoms with Gasteiger partial charge in [-0.2, -0.15) is 8.78 Å². The molecule has 0 unspecified atom stereocenters. The summed E-state index contributed by atoms with van der Waals surface area (Å²) in [6.07, 6.45) is -0.411. The molecule has 0 saturated carbocycles. The monoisotopic (exact) mass is 338 g/mol. The zero-order valence-electron chi connectivity index (χ0n) is 8.97.